The quantitative estimate of drug-likeness (QED) is 0.306. The molecule has 3 aromatic rings. The fraction of sp³-hybridized carbons (Fsp3) is 0.300. The predicted molar refractivity (Wildman–Crippen MR) is 121 cm³/mol. The van der Waals surface area contributed by atoms with E-state index < -0.39 is 0 Å². The molecule has 0 unspecified atom stereocenters. The van der Waals surface area contributed by atoms with E-state index in [2.05, 4.69) is 33.5 Å². The van der Waals surface area contributed by atoms with Crippen molar-refractivity contribution in [1.29, 1.82) is 0 Å². The summed E-state index contributed by atoms with van der Waals surface area (Å²) in [6.07, 6.45) is 4.67. The fourth-order valence-corrected chi connectivity index (χ4v) is 3.68. The van der Waals surface area contributed by atoms with Gasteiger partial charge in [0, 0.05) is 12.2 Å². The topological polar surface area (TPSA) is 88.2 Å². The molecule has 2 aromatic carbocycles. The van der Waals surface area contributed by atoms with Crippen LogP contribution < -0.4 is 16.7 Å². The maximum Gasteiger partial charge on any atom is 0.326 e. The standard InChI is InChI=1S/C20H23N5O.HI/c21-19(23-16-10-5-7-14-6-1-2-8-15(14)16)22-12-13-25-18-11-4-3-9-17(18)24-20(25)26;/h3-5,7,9-11H,1-2,6,8,12-13H2,(H,24,26)(H3,21,22,23);1H. The molecule has 1 aromatic heterocycles. The number of imidazole rings is 1. The highest BCUT2D eigenvalue weighted by atomic mass is 127. The maximum atomic E-state index is 12.1. The average Bonchev–Trinajstić information content (AvgIpc) is 2.98. The second-order valence-electron chi connectivity index (χ2n) is 6.64. The number of fused-ring (bicyclic) bond motifs is 2. The summed E-state index contributed by atoms with van der Waals surface area (Å²) in [6.45, 7) is 0.924. The van der Waals surface area contributed by atoms with Crippen molar-refractivity contribution in [3.63, 3.8) is 0 Å². The van der Waals surface area contributed by atoms with Crippen LogP contribution >= 0.6 is 24.0 Å². The van der Waals surface area contributed by atoms with Gasteiger partial charge >= 0.3 is 5.69 Å². The third kappa shape index (κ3) is 4.18. The molecule has 1 heterocycles. The van der Waals surface area contributed by atoms with Gasteiger partial charge in [-0.1, -0.05) is 24.3 Å². The van der Waals surface area contributed by atoms with Crippen LogP contribution in [0.4, 0.5) is 5.69 Å². The maximum absolute atomic E-state index is 12.1. The Morgan fingerprint density at radius 2 is 1.96 bits per heavy atom. The molecule has 0 atom stereocenters. The Labute approximate surface area is 174 Å². The highest BCUT2D eigenvalue weighted by Gasteiger charge is 2.13. The summed E-state index contributed by atoms with van der Waals surface area (Å²) in [5.74, 6) is 0.386. The number of aromatic amines is 1. The van der Waals surface area contributed by atoms with Crippen molar-refractivity contribution in [3.8, 4) is 0 Å². The normalized spacial score (nSPS) is 13.9. The van der Waals surface area contributed by atoms with E-state index in [4.69, 9.17) is 5.73 Å². The number of rotatable bonds is 4. The lowest BCUT2D eigenvalue weighted by molar-refractivity contribution is 0.687. The molecule has 4 N–H and O–H groups in total. The van der Waals surface area contributed by atoms with Gasteiger partial charge in [0.2, 0.25) is 0 Å². The molecular formula is C20H24IN5O. The summed E-state index contributed by atoms with van der Waals surface area (Å²) in [5.41, 5.74) is 11.5. The van der Waals surface area contributed by atoms with Gasteiger partial charge in [-0.3, -0.25) is 9.56 Å². The Kier molecular flexibility index (Phi) is 6.20. The van der Waals surface area contributed by atoms with Crippen LogP contribution in [0, 0.1) is 0 Å². The Morgan fingerprint density at radius 1 is 1.15 bits per heavy atom. The zero-order valence-electron chi connectivity index (χ0n) is 15.1. The van der Waals surface area contributed by atoms with E-state index in [0.29, 0.717) is 19.0 Å². The van der Waals surface area contributed by atoms with E-state index in [0.717, 1.165) is 29.6 Å². The van der Waals surface area contributed by atoms with Crippen molar-refractivity contribution in [1.82, 2.24) is 9.55 Å². The number of benzene rings is 2. The molecule has 6 nitrogen and oxygen atoms in total. The molecule has 27 heavy (non-hydrogen) atoms. The smallest absolute Gasteiger partial charge is 0.326 e. The van der Waals surface area contributed by atoms with Crippen LogP contribution in [-0.2, 0) is 19.4 Å². The molecule has 0 aliphatic heterocycles. The van der Waals surface area contributed by atoms with Crippen LogP contribution in [0.15, 0.2) is 52.3 Å². The summed E-state index contributed by atoms with van der Waals surface area (Å²) in [4.78, 5) is 19.3. The number of H-pyrrole nitrogens is 1. The van der Waals surface area contributed by atoms with Crippen LogP contribution in [0.25, 0.3) is 11.0 Å². The predicted octanol–water partition coefficient (Wildman–Crippen LogP) is 3.25. The van der Waals surface area contributed by atoms with E-state index in [1.165, 1.54) is 24.0 Å². The second kappa shape index (κ2) is 8.60. The number of anilines is 1. The van der Waals surface area contributed by atoms with E-state index in [9.17, 15) is 4.79 Å². The Morgan fingerprint density at radius 3 is 2.85 bits per heavy atom. The van der Waals surface area contributed by atoms with Gasteiger partial charge in [-0.15, -0.1) is 24.0 Å². The van der Waals surface area contributed by atoms with Crippen molar-refractivity contribution in [2.45, 2.75) is 32.2 Å². The first-order chi connectivity index (χ1) is 12.7. The molecule has 0 spiro atoms. The fourth-order valence-electron chi connectivity index (χ4n) is 3.68. The molecule has 0 saturated heterocycles. The van der Waals surface area contributed by atoms with Crippen LogP contribution in [-0.4, -0.2) is 22.1 Å². The lowest BCUT2D eigenvalue weighted by Crippen LogP contribution is -2.25. The van der Waals surface area contributed by atoms with E-state index >= 15 is 0 Å². The molecule has 1 aliphatic carbocycles. The van der Waals surface area contributed by atoms with Crippen molar-refractivity contribution >= 4 is 46.7 Å². The number of hydrogen-bond donors (Lipinski definition) is 3. The van der Waals surface area contributed by atoms with Gasteiger partial charge in [0.05, 0.1) is 17.6 Å². The SMILES string of the molecule is I.NC(=NCCn1c(=O)[nH]c2ccccc21)Nc1cccc2c1CCCC2. The summed E-state index contributed by atoms with van der Waals surface area (Å²) in [7, 11) is 0. The van der Waals surface area contributed by atoms with Gasteiger partial charge in [0.15, 0.2) is 5.96 Å². The molecule has 7 heteroatoms. The third-order valence-electron chi connectivity index (χ3n) is 4.95. The highest BCUT2D eigenvalue weighted by molar-refractivity contribution is 14.0. The van der Waals surface area contributed by atoms with E-state index in [1.807, 2.05) is 24.3 Å². The number of nitrogens with zero attached hydrogens (tertiary/aromatic N) is 2. The first kappa shape index (κ1) is 19.5. The molecule has 1 aliphatic rings. The third-order valence-corrected chi connectivity index (χ3v) is 4.95. The number of hydrogen-bond acceptors (Lipinski definition) is 2. The summed E-state index contributed by atoms with van der Waals surface area (Å²) >= 11 is 0. The summed E-state index contributed by atoms with van der Waals surface area (Å²) < 4.78 is 1.69. The zero-order chi connectivity index (χ0) is 17.9. The van der Waals surface area contributed by atoms with Gasteiger partial charge in [-0.2, -0.15) is 0 Å². The Hall–Kier alpha value is -2.29. The number of aromatic nitrogens is 2. The number of nitrogens with two attached hydrogens (primary N) is 1. The molecule has 0 radical (unpaired) electrons. The average molecular weight is 477 g/mol. The van der Waals surface area contributed by atoms with E-state index in [1.54, 1.807) is 4.57 Å². The number of halogens is 1. The molecule has 0 bridgehead atoms. The number of aliphatic imine (C=N–C) groups is 1. The Bertz CT molecular complexity index is 1020. The minimum atomic E-state index is -0.120. The molecule has 142 valence electrons. The Balaban J connectivity index is 0.00000210. The van der Waals surface area contributed by atoms with Gasteiger partial charge in [0.1, 0.15) is 0 Å². The number of aryl methyl sites for hydroxylation is 1. The second-order valence-corrected chi connectivity index (χ2v) is 6.64. The van der Waals surface area contributed by atoms with Gasteiger partial charge < -0.3 is 16.0 Å². The van der Waals surface area contributed by atoms with Crippen LogP contribution in [0.5, 0.6) is 0 Å². The van der Waals surface area contributed by atoms with Crippen molar-refractivity contribution in [2.75, 3.05) is 11.9 Å². The number of para-hydroxylation sites is 2. The first-order valence-electron chi connectivity index (χ1n) is 9.07. The first-order valence-corrected chi connectivity index (χ1v) is 9.07. The molecular weight excluding hydrogens is 453 g/mol. The van der Waals surface area contributed by atoms with Gasteiger partial charge in [0.25, 0.3) is 0 Å². The molecule has 0 amide bonds. The zero-order valence-corrected chi connectivity index (χ0v) is 17.4. The van der Waals surface area contributed by atoms with Crippen LogP contribution in [0.3, 0.4) is 0 Å². The molecule has 0 fully saturated rings. The van der Waals surface area contributed by atoms with Gasteiger partial charge in [-0.25, -0.2) is 4.79 Å². The largest absolute Gasteiger partial charge is 0.370 e. The number of guanidine groups is 1. The number of nitrogens with one attached hydrogen (secondary N) is 2. The molecule has 4 rings (SSSR count). The summed E-state index contributed by atoms with van der Waals surface area (Å²) in [6, 6.07) is 13.9. The minimum absolute atomic E-state index is 0. The van der Waals surface area contributed by atoms with Crippen LogP contribution in [0.2, 0.25) is 0 Å². The van der Waals surface area contributed by atoms with Crippen molar-refractivity contribution < 1.29 is 0 Å². The monoisotopic (exact) mass is 477 g/mol. The van der Waals surface area contributed by atoms with E-state index in [-0.39, 0.29) is 29.7 Å². The highest BCUT2D eigenvalue weighted by Crippen LogP contribution is 2.27. The van der Waals surface area contributed by atoms with Crippen molar-refractivity contribution in [3.05, 3.63) is 64.1 Å². The lowest BCUT2D eigenvalue weighted by atomic mass is 9.90. The minimum Gasteiger partial charge on any atom is -0.370 e. The molecule has 0 saturated carbocycles. The lowest BCUT2D eigenvalue weighted by Gasteiger charge is -2.19. The summed E-state index contributed by atoms with van der Waals surface area (Å²) in [5, 5.41) is 3.23. The van der Waals surface area contributed by atoms with Crippen LogP contribution in [0.1, 0.15) is 24.0 Å². The van der Waals surface area contributed by atoms with Crippen molar-refractivity contribution in [2.24, 2.45) is 10.7 Å². The van der Waals surface area contributed by atoms with Gasteiger partial charge in [-0.05, 0) is 55.0 Å².